The van der Waals surface area contributed by atoms with E-state index in [9.17, 15) is 0 Å². The average molecular weight is 345 g/mol. The molecule has 24 heavy (non-hydrogen) atoms. The summed E-state index contributed by atoms with van der Waals surface area (Å²) in [5, 5.41) is 1.02. The molecule has 3 heterocycles. The summed E-state index contributed by atoms with van der Waals surface area (Å²) in [7, 11) is 0. The lowest BCUT2D eigenvalue weighted by molar-refractivity contribution is 0.0132. The van der Waals surface area contributed by atoms with Gasteiger partial charge in [-0.1, -0.05) is 30.3 Å². The summed E-state index contributed by atoms with van der Waals surface area (Å²) in [6, 6.07) is 10.2. The van der Waals surface area contributed by atoms with Crippen molar-refractivity contribution < 1.29 is 9.47 Å². The third-order valence-electron chi connectivity index (χ3n) is 4.75. The molecule has 0 spiro atoms. The minimum Gasteiger partial charge on any atom is -0.381 e. The number of nitrogens with zero attached hydrogens (tertiary/aromatic N) is 3. The summed E-state index contributed by atoms with van der Waals surface area (Å²) in [5.41, 5.74) is 1.08. The lowest BCUT2D eigenvalue weighted by atomic mass is 10.1. The molecule has 2 fully saturated rings. The molecule has 0 amide bonds. The van der Waals surface area contributed by atoms with Crippen LogP contribution in [0.4, 0.5) is 5.13 Å². The van der Waals surface area contributed by atoms with E-state index in [0.717, 1.165) is 68.7 Å². The molecule has 1 atom stereocenters. The Balaban J connectivity index is 1.29. The predicted octanol–water partition coefficient (Wildman–Crippen LogP) is 3.23. The van der Waals surface area contributed by atoms with Crippen LogP contribution < -0.4 is 4.90 Å². The molecule has 2 aliphatic rings. The molecule has 0 radical (unpaired) electrons. The van der Waals surface area contributed by atoms with Crippen molar-refractivity contribution >= 4 is 16.7 Å². The Bertz CT molecular complexity index is 635. The van der Waals surface area contributed by atoms with Crippen LogP contribution in [0.1, 0.15) is 19.3 Å². The summed E-state index contributed by atoms with van der Waals surface area (Å²) in [5.74, 6) is 1.43. The minimum atomic E-state index is 0.378. The summed E-state index contributed by atoms with van der Waals surface area (Å²) in [6.07, 6.45) is 3.65. The molecule has 1 aromatic heterocycles. The summed E-state index contributed by atoms with van der Waals surface area (Å²) >= 11 is 1.49. The second-order valence-electron chi connectivity index (χ2n) is 6.52. The van der Waals surface area contributed by atoms with Gasteiger partial charge in [0.15, 0.2) is 5.82 Å². The van der Waals surface area contributed by atoms with E-state index in [0.29, 0.717) is 12.0 Å². The number of rotatable bonds is 5. The van der Waals surface area contributed by atoms with Crippen LogP contribution in [0.3, 0.4) is 0 Å². The first-order valence-electron chi connectivity index (χ1n) is 8.72. The predicted molar refractivity (Wildman–Crippen MR) is 95.5 cm³/mol. The quantitative estimate of drug-likeness (QED) is 0.833. The number of aromatic nitrogens is 2. The van der Waals surface area contributed by atoms with Crippen molar-refractivity contribution in [2.75, 3.05) is 37.8 Å². The number of piperidine rings is 1. The van der Waals surface area contributed by atoms with Crippen LogP contribution in [0.5, 0.6) is 0 Å². The molecule has 128 valence electrons. The number of hydrogen-bond acceptors (Lipinski definition) is 6. The second-order valence-corrected chi connectivity index (χ2v) is 7.25. The molecule has 2 aromatic rings. The molecule has 2 aliphatic heterocycles. The summed E-state index contributed by atoms with van der Waals surface area (Å²) in [4.78, 5) is 7.05. The zero-order valence-electron chi connectivity index (χ0n) is 13.8. The molecule has 6 heteroatoms. The molecule has 2 saturated heterocycles. The molecule has 0 aliphatic carbocycles. The maximum atomic E-state index is 6.09. The Morgan fingerprint density at radius 3 is 2.75 bits per heavy atom. The molecule has 4 rings (SSSR count). The van der Waals surface area contributed by atoms with Crippen LogP contribution in [0.15, 0.2) is 30.3 Å². The van der Waals surface area contributed by atoms with Crippen LogP contribution >= 0.6 is 11.5 Å². The first kappa shape index (κ1) is 16.0. The van der Waals surface area contributed by atoms with Crippen LogP contribution in [-0.2, 0) is 9.47 Å². The molecule has 0 bridgehead atoms. The highest BCUT2D eigenvalue weighted by Gasteiger charge is 2.24. The zero-order chi connectivity index (χ0) is 16.2. The van der Waals surface area contributed by atoms with Crippen LogP contribution in [-0.4, -0.2) is 48.4 Å². The maximum absolute atomic E-state index is 6.09. The topological polar surface area (TPSA) is 47.5 Å². The van der Waals surface area contributed by atoms with Crippen LogP contribution in [0.2, 0.25) is 0 Å². The van der Waals surface area contributed by atoms with E-state index < -0.39 is 0 Å². The van der Waals surface area contributed by atoms with Gasteiger partial charge in [0.1, 0.15) is 0 Å². The molecule has 5 nitrogen and oxygen atoms in total. The highest BCUT2D eigenvalue weighted by Crippen LogP contribution is 2.27. The first-order valence-corrected chi connectivity index (χ1v) is 9.49. The van der Waals surface area contributed by atoms with Gasteiger partial charge in [0.2, 0.25) is 5.13 Å². The molecule has 1 unspecified atom stereocenters. The van der Waals surface area contributed by atoms with Gasteiger partial charge in [-0.05, 0) is 19.3 Å². The molecular weight excluding hydrogens is 322 g/mol. The Morgan fingerprint density at radius 2 is 2.00 bits per heavy atom. The Morgan fingerprint density at radius 1 is 1.17 bits per heavy atom. The van der Waals surface area contributed by atoms with Crippen molar-refractivity contribution in [3.05, 3.63) is 30.3 Å². The van der Waals surface area contributed by atoms with E-state index in [2.05, 4.69) is 21.4 Å². The van der Waals surface area contributed by atoms with Gasteiger partial charge in [0.25, 0.3) is 0 Å². The molecule has 0 N–H and O–H groups in total. The van der Waals surface area contributed by atoms with E-state index in [1.165, 1.54) is 11.5 Å². The Kier molecular flexibility index (Phi) is 5.06. The molecule has 1 aromatic carbocycles. The Hall–Kier alpha value is -1.50. The monoisotopic (exact) mass is 345 g/mol. The first-order chi connectivity index (χ1) is 11.9. The lowest BCUT2D eigenvalue weighted by Crippen LogP contribution is -2.37. The van der Waals surface area contributed by atoms with Crippen molar-refractivity contribution in [1.82, 2.24) is 9.36 Å². The lowest BCUT2D eigenvalue weighted by Gasteiger charge is -2.31. The number of benzene rings is 1. The minimum absolute atomic E-state index is 0.378. The van der Waals surface area contributed by atoms with Gasteiger partial charge in [0, 0.05) is 42.7 Å². The standard InChI is InChI=1S/C18H23N3O2S/c1-2-4-15(5-3-1)17-19-18(24-20-17)21-9-6-16(7-10-21)23-13-14-8-11-22-12-14/h1-5,14,16H,6-13H2. The zero-order valence-corrected chi connectivity index (χ0v) is 14.6. The third-order valence-corrected chi connectivity index (χ3v) is 5.53. The van der Waals surface area contributed by atoms with E-state index in [4.69, 9.17) is 14.5 Å². The van der Waals surface area contributed by atoms with Gasteiger partial charge in [-0.3, -0.25) is 0 Å². The fourth-order valence-corrected chi connectivity index (χ4v) is 3.99. The SMILES string of the molecule is c1ccc(-c2nsc(N3CCC(OCC4CCOC4)CC3)n2)cc1. The van der Waals surface area contributed by atoms with Crippen LogP contribution in [0, 0.1) is 5.92 Å². The van der Waals surface area contributed by atoms with Gasteiger partial charge in [0.05, 0.1) is 19.3 Å². The van der Waals surface area contributed by atoms with E-state index in [1.54, 1.807) is 0 Å². The molecular formula is C18H23N3O2S. The largest absolute Gasteiger partial charge is 0.381 e. The van der Waals surface area contributed by atoms with Crippen molar-refractivity contribution in [2.45, 2.75) is 25.4 Å². The Labute approximate surface area is 146 Å². The fourth-order valence-electron chi connectivity index (χ4n) is 3.25. The van der Waals surface area contributed by atoms with Crippen molar-refractivity contribution in [1.29, 1.82) is 0 Å². The highest BCUT2D eigenvalue weighted by atomic mass is 32.1. The highest BCUT2D eigenvalue weighted by molar-refractivity contribution is 7.09. The van der Waals surface area contributed by atoms with Gasteiger partial charge >= 0.3 is 0 Å². The van der Waals surface area contributed by atoms with Crippen molar-refractivity contribution in [3.8, 4) is 11.4 Å². The normalized spacial score (nSPS) is 22.2. The van der Waals surface area contributed by atoms with Crippen molar-refractivity contribution in [3.63, 3.8) is 0 Å². The maximum Gasteiger partial charge on any atom is 0.205 e. The van der Waals surface area contributed by atoms with E-state index in [1.807, 2.05) is 18.2 Å². The van der Waals surface area contributed by atoms with Gasteiger partial charge in [-0.2, -0.15) is 9.36 Å². The summed E-state index contributed by atoms with van der Waals surface area (Å²) in [6.45, 7) is 4.60. The number of hydrogen-bond donors (Lipinski definition) is 0. The van der Waals surface area contributed by atoms with Crippen LogP contribution in [0.25, 0.3) is 11.4 Å². The molecule has 0 saturated carbocycles. The van der Waals surface area contributed by atoms with Crippen molar-refractivity contribution in [2.24, 2.45) is 5.92 Å². The average Bonchev–Trinajstić information content (AvgIpc) is 3.33. The number of anilines is 1. The second kappa shape index (κ2) is 7.59. The summed E-state index contributed by atoms with van der Waals surface area (Å²) < 4.78 is 16.0. The van der Waals surface area contributed by atoms with Gasteiger partial charge in [-0.15, -0.1) is 0 Å². The van der Waals surface area contributed by atoms with Gasteiger partial charge < -0.3 is 14.4 Å². The van der Waals surface area contributed by atoms with Gasteiger partial charge in [-0.25, -0.2) is 0 Å². The van der Waals surface area contributed by atoms with E-state index in [-0.39, 0.29) is 0 Å². The third kappa shape index (κ3) is 3.77. The number of ether oxygens (including phenoxy) is 2. The van der Waals surface area contributed by atoms with E-state index >= 15 is 0 Å². The smallest absolute Gasteiger partial charge is 0.205 e. The fraction of sp³-hybridized carbons (Fsp3) is 0.556.